The maximum absolute atomic E-state index is 13.8. The topological polar surface area (TPSA) is 33.1 Å². The monoisotopic (exact) mass is 392 g/mol. The fraction of sp³-hybridized carbons (Fsp3) is 0.294. The number of anilines is 2. The first kappa shape index (κ1) is 16.8. The Morgan fingerprint density at radius 1 is 1.28 bits per heavy atom. The molecule has 0 amide bonds. The van der Waals surface area contributed by atoms with Gasteiger partial charge in [0.1, 0.15) is 5.82 Å². The van der Waals surface area contributed by atoms with Crippen molar-refractivity contribution in [1.82, 2.24) is 14.7 Å². The molecule has 3 aromatic rings. The molecule has 4 nitrogen and oxygen atoms in total. The van der Waals surface area contributed by atoms with Crippen LogP contribution in [0.2, 0.25) is 0 Å². The zero-order valence-corrected chi connectivity index (χ0v) is 15.8. The first-order chi connectivity index (χ1) is 12.2. The number of aromatic nitrogens is 2. The summed E-state index contributed by atoms with van der Waals surface area (Å²) in [5.74, 6) is -0.299. The second-order valence-corrected chi connectivity index (χ2v) is 8.51. The average Bonchev–Trinajstić information content (AvgIpc) is 3.32. The van der Waals surface area contributed by atoms with Crippen LogP contribution >= 0.6 is 34.9 Å². The molecule has 4 rings (SSSR count). The van der Waals surface area contributed by atoms with Gasteiger partial charge in [-0.25, -0.2) is 9.07 Å². The average molecular weight is 393 g/mol. The largest absolute Gasteiger partial charge is 0.328 e. The highest BCUT2D eigenvalue weighted by Crippen LogP contribution is 2.35. The van der Waals surface area contributed by atoms with Gasteiger partial charge in [-0.05, 0) is 48.6 Å². The number of nitrogens with zero attached hydrogens (tertiary/aromatic N) is 3. The van der Waals surface area contributed by atoms with E-state index in [0.717, 1.165) is 13.0 Å². The summed E-state index contributed by atoms with van der Waals surface area (Å²) >= 11 is 8.62. The number of hydrogen-bond acceptors (Lipinski definition) is 6. The van der Waals surface area contributed by atoms with Gasteiger partial charge in [0.25, 0.3) is 0 Å². The summed E-state index contributed by atoms with van der Waals surface area (Å²) in [5.41, 5.74) is 0.413. The number of nitrogens with one attached hydrogen (secondary N) is 1. The maximum Gasteiger partial charge on any atom is 0.209 e. The summed E-state index contributed by atoms with van der Waals surface area (Å²) in [6.45, 7) is 1.70. The highest BCUT2D eigenvalue weighted by atomic mass is 32.1. The number of para-hydroxylation sites is 1. The summed E-state index contributed by atoms with van der Waals surface area (Å²) in [7, 11) is 0. The van der Waals surface area contributed by atoms with E-state index in [-0.39, 0.29) is 5.82 Å². The Morgan fingerprint density at radius 2 is 2.16 bits per heavy atom. The van der Waals surface area contributed by atoms with Gasteiger partial charge >= 0.3 is 0 Å². The molecule has 1 fully saturated rings. The summed E-state index contributed by atoms with van der Waals surface area (Å²) in [6, 6.07) is 11.3. The zero-order valence-electron chi connectivity index (χ0n) is 13.4. The molecule has 1 unspecified atom stereocenters. The number of rotatable bonds is 5. The Kier molecular flexibility index (Phi) is 4.93. The molecule has 1 aliphatic rings. The predicted octanol–water partition coefficient (Wildman–Crippen LogP) is 5.41. The molecule has 1 N–H and O–H groups in total. The van der Waals surface area contributed by atoms with Gasteiger partial charge in [0.15, 0.2) is 3.95 Å². The van der Waals surface area contributed by atoms with E-state index in [1.165, 1.54) is 28.7 Å². The molecule has 1 atom stereocenters. The van der Waals surface area contributed by atoms with Gasteiger partial charge in [0, 0.05) is 17.5 Å². The lowest BCUT2D eigenvalue weighted by atomic mass is 10.2. The van der Waals surface area contributed by atoms with E-state index in [2.05, 4.69) is 32.8 Å². The van der Waals surface area contributed by atoms with Crippen molar-refractivity contribution in [3.8, 4) is 0 Å². The number of likely N-dealkylation sites (tertiary alicyclic amines) is 1. The molecule has 25 heavy (non-hydrogen) atoms. The molecule has 8 heteroatoms. The van der Waals surface area contributed by atoms with Crippen molar-refractivity contribution in [2.75, 3.05) is 11.9 Å². The quantitative estimate of drug-likeness (QED) is 0.588. The predicted molar refractivity (Wildman–Crippen MR) is 104 cm³/mol. The normalized spacial score (nSPS) is 17.9. The molecule has 0 aliphatic carbocycles. The summed E-state index contributed by atoms with van der Waals surface area (Å²) in [5, 5.41) is 10.3. The molecule has 0 radical (unpaired) electrons. The molecular formula is C17H17FN4S3. The third-order valence-electron chi connectivity index (χ3n) is 4.27. The van der Waals surface area contributed by atoms with Crippen molar-refractivity contribution in [2.24, 2.45) is 0 Å². The van der Waals surface area contributed by atoms with Crippen LogP contribution in [0, 0.1) is 9.77 Å². The van der Waals surface area contributed by atoms with E-state index in [1.54, 1.807) is 29.5 Å². The third-order valence-corrected chi connectivity index (χ3v) is 6.47. The smallest absolute Gasteiger partial charge is 0.209 e. The van der Waals surface area contributed by atoms with Crippen molar-refractivity contribution in [3.05, 3.63) is 56.4 Å². The Balaban J connectivity index is 1.51. The van der Waals surface area contributed by atoms with Crippen LogP contribution in [-0.2, 0) is 6.67 Å². The lowest BCUT2D eigenvalue weighted by Crippen LogP contribution is -2.26. The van der Waals surface area contributed by atoms with Crippen LogP contribution in [0.3, 0.4) is 0 Å². The summed E-state index contributed by atoms with van der Waals surface area (Å²) < 4.78 is 16.3. The van der Waals surface area contributed by atoms with Crippen molar-refractivity contribution in [2.45, 2.75) is 25.6 Å². The molecule has 0 bridgehead atoms. The molecule has 1 saturated heterocycles. The zero-order chi connectivity index (χ0) is 17.2. The molecule has 1 aliphatic heterocycles. The number of halogens is 1. The summed E-state index contributed by atoms with van der Waals surface area (Å²) in [4.78, 5) is 3.80. The van der Waals surface area contributed by atoms with E-state index in [1.807, 2.05) is 4.68 Å². The molecule has 130 valence electrons. The van der Waals surface area contributed by atoms with Crippen LogP contribution in [-0.4, -0.2) is 21.2 Å². The molecule has 1 aromatic carbocycles. The van der Waals surface area contributed by atoms with Gasteiger partial charge in [-0.2, -0.15) is 0 Å². The van der Waals surface area contributed by atoms with E-state index in [9.17, 15) is 4.39 Å². The Labute approximate surface area is 158 Å². The van der Waals surface area contributed by atoms with Crippen LogP contribution in [0.1, 0.15) is 23.8 Å². The lowest BCUT2D eigenvalue weighted by molar-refractivity contribution is 0.193. The van der Waals surface area contributed by atoms with Crippen LogP contribution in [0.15, 0.2) is 41.8 Å². The Bertz CT molecular complexity index is 903. The second-order valence-electron chi connectivity index (χ2n) is 5.90. The fourth-order valence-electron chi connectivity index (χ4n) is 3.09. The molecule has 0 spiro atoms. The maximum atomic E-state index is 13.8. The third kappa shape index (κ3) is 3.67. The lowest BCUT2D eigenvalue weighted by Gasteiger charge is -2.23. The van der Waals surface area contributed by atoms with Gasteiger partial charge < -0.3 is 5.32 Å². The fourth-order valence-corrected chi connectivity index (χ4v) is 4.99. The summed E-state index contributed by atoms with van der Waals surface area (Å²) in [6.07, 6.45) is 2.35. The number of thiophene rings is 1. The minimum Gasteiger partial charge on any atom is -0.328 e. The highest BCUT2D eigenvalue weighted by molar-refractivity contribution is 7.73. The minimum atomic E-state index is -0.299. The van der Waals surface area contributed by atoms with E-state index >= 15 is 0 Å². The second kappa shape index (κ2) is 7.33. The van der Waals surface area contributed by atoms with Gasteiger partial charge in [0.05, 0.1) is 12.4 Å². The molecule has 2 aromatic heterocycles. The first-order valence-electron chi connectivity index (χ1n) is 8.07. The molecule has 0 saturated carbocycles. The van der Waals surface area contributed by atoms with Crippen LogP contribution in [0.5, 0.6) is 0 Å². The van der Waals surface area contributed by atoms with Crippen molar-refractivity contribution >= 4 is 45.7 Å². The Hall–Kier alpha value is -1.61. The SMILES string of the molecule is Fc1ccccc1Nc1nn(CN2CCCC2c2cccs2)c(=S)s1. The van der Waals surface area contributed by atoms with E-state index in [4.69, 9.17) is 12.2 Å². The molecular weight excluding hydrogens is 375 g/mol. The standard InChI is InChI=1S/C17H17FN4S3/c18-12-5-1-2-6-13(12)19-16-20-22(17(23)25-16)11-21-9-3-7-14(21)15-8-4-10-24-15/h1-2,4-6,8,10,14H,3,7,9,11H2,(H,19,20). The van der Waals surface area contributed by atoms with Crippen molar-refractivity contribution in [1.29, 1.82) is 0 Å². The number of hydrogen-bond donors (Lipinski definition) is 1. The van der Waals surface area contributed by atoms with Gasteiger partial charge in [-0.15, -0.1) is 16.4 Å². The number of benzene rings is 1. The van der Waals surface area contributed by atoms with Gasteiger partial charge in [0.2, 0.25) is 5.13 Å². The Morgan fingerprint density at radius 3 is 2.96 bits per heavy atom. The minimum absolute atomic E-state index is 0.299. The van der Waals surface area contributed by atoms with E-state index < -0.39 is 0 Å². The highest BCUT2D eigenvalue weighted by Gasteiger charge is 2.27. The van der Waals surface area contributed by atoms with Crippen molar-refractivity contribution < 1.29 is 4.39 Å². The van der Waals surface area contributed by atoms with Crippen LogP contribution < -0.4 is 5.32 Å². The first-order valence-corrected chi connectivity index (χ1v) is 10.2. The van der Waals surface area contributed by atoms with Gasteiger partial charge in [-0.1, -0.05) is 29.5 Å². The molecule has 3 heterocycles. The van der Waals surface area contributed by atoms with Crippen molar-refractivity contribution in [3.63, 3.8) is 0 Å². The van der Waals surface area contributed by atoms with Crippen LogP contribution in [0.4, 0.5) is 15.2 Å². The van der Waals surface area contributed by atoms with Gasteiger partial charge in [-0.3, -0.25) is 4.90 Å². The van der Waals surface area contributed by atoms with E-state index in [0.29, 0.717) is 27.5 Å². The van der Waals surface area contributed by atoms with Crippen LogP contribution in [0.25, 0.3) is 0 Å².